The molecule has 1 aromatic carbocycles. The van der Waals surface area contributed by atoms with Gasteiger partial charge in [-0.15, -0.1) is 0 Å². The van der Waals surface area contributed by atoms with Gasteiger partial charge in [0.1, 0.15) is 5.75 Å². The third-order valence-electron chi connectivity index (χ3n) is 3.01. The van der Waals surface area contributed by atoms with Gasteiger partial charge >= 0.3 is 0 Å². The van der Waals surface area contributed by atoms with Crippen molar-refractivity contribution in [3.8, 4) is 5.75 Å². The Balaban J connectivity index is 3.17. The van der Waals surface area contributed by atoms with Crippen LogP contribution in [0.4, 0.5) is 0 Å². The summed E-state index contributed by atoms with van der Waals surface area (Å²) in [6.07, 6.45) is 1.82. The number of phenols is 1. The molecule has 0 unspecified atom stereocenters. The molecule has 0 spiro atoms. The monoisotopic (exact) mass is 193 g/mol. The van der Waals surface area contributed by atoms with E-state index in [2.05, 4.69) is 13.8 Å². The van der Waals surface area contributed by atoms with Gasteiger partial charge in [-0.1, -0.05) is 19.9 Å². The Morgan fingerprint density at radius 3 is 2.29 bits per heavy atom. The smallest absolute Gasteiger partial charge is 0.115 e. The summed E-state index contributed by atoms with van der Waals surface area (Å²) in [6, 6.07) is 5.40. The van der Waals surface area contributed by atoms with Gasteiger partial charge < -0.3 is 10.8 Å². The Kier molecular flexibility index (Phi) is 3.17. The molecule has 0 amide bonds. The highest BCUT2D eigenvalue weighted by Crippen LogP contribution is 2.29. The van der Waals surface area contributed by atoms with Gasteiger partial charge in [-0.3, -0.25) is 0 Å². The van der Waals surface area contributed by atoms with Crippen LogP contribution in [-0.2, 0) is 5.54 Å². The Labute approximate surface area is 85.8 Å². The fourth-order valence-corrected chi connectivity index (χ4v) is 1.84. The van der Waals surface area contributed by atoms with Crippen LogP contribution >= 0.6 is 0 Å². The predicted molar refractivity (Wildman–Crippen MR) is 59.3 cm³/mol. The SMILES string of the molecule is CCC(N)(CC)c1ccc(O)cc1C. The van der Waals surface area contributed by atoms with Crippen molar-refractivity contribution in [3.05, 3.63) is 29.3 Å². The van der Waals surface area contributed by atoms with Crippen molar-refractivity contribution in [1.82, 2.24) is 0 Å². The van der Waals surface area contributed by atoms with Crippen molar-refractivity contribution in [3.63, 3.8) is 0 Å². The van der Waals surface area contributed by atoms with E-state index < -0.39 is 0 Å². The molecule has 3 N–H and O–H groups in total. The Bertz CT molecular complexity index is 316. The molecule has 2 nitrogen and oxygen atoms in total. The summed E-state index contributed by atoms with van der Waals surface area (Å²) in [6.45, 7) is 6.17. The number of rotatable bonds is 3. The van der Waals surface area contributed by atoms with Crippen molar-refractivity contribution in [1.29, 1.82) is 0 Å². The van der Waals surface area contributed by atoms with Crippen LogP contribution in [0.1, 0.15) is 37.8 Å². The molecule has 0 fully saturated rings. The zero-order valence-corrected chi connectivity index (χ0v) is 9.17. The summed E-state index contributed by atoms with van der Waals surface area (Å²) in [5.74, 6) is 0.306. The van der Waals surface area contributed by atoms with E-state index in [9.17, 15) is 5.11 Å². The Hall–Kier alpha value is -1.02. The topological polar surface area (TPSA) is 46.2 Å². The standard InChI is InChI=1S/C12H19NO/c1-4-12(13,5-2)11-7-6-10(14)8-9(11)3/h6-8,14H,4-5,13H2,1-3H3. The van der Waals surface area contributed by atoms with E-state index in [4.69, 9.17) is 5.73 Å². The first kappa shape index (κ1) is 11.1. The molecule has 0 aliphatic heterocycles. The summed E-state index contributed by atoms with van der Waals surface area (Å²) in [5.41, 5.74) is 8.24. The van der Waals surface area contributed by atoms with Crippen LogP contribution in [0.2, 0.25) is 0 Å². The predicted octanol–water partition coefficient (Wildman–Crippen LogP) is 2.67. The molecule has 0 aromatic heterocycles. The second-order valence-corrected chi connectivity index (χ2v) is 3.86. The molecular formula is C12H19NO. The summed E-state index contributed by atoms with van der Waals surface area (Å²) in [7, 11) is 0. The largest absolute Gasteiger partial charge is 0.508 e. The summed E-state index contributed by atoms with van der Waals surface area (Å²) in [5, 5.41) is 9.31. The van der Waals surface area contributed by atoms with Gasteiger partial charge in [0.2, 0.25) is 0 Å². The van der Waals surface area contributed by atoms with E-state index in [1.54, 1.807) is 12.1 Å². The maximum Gasteiger partial charge on any atom is 0.115 e. The van der Waals surface area contributed by atoms with Crippen molar-refractivity contribution >= 4 is 0 Å². The minimum Gasteiger partial charge on any atom is -0.508 e. The number of nitrogens with two attached hydrogens (primary N) is 1. The van der Waals surface area contributed by atoms with E-state index in [1.807, 2.05) is 13.0 Å². The zero-order valence-electron chi connectivity index (χ0n) is 9.17. The van der Waals surface area contributed by atoms with Crippen molar-refractivity contribution in [2.45, 2.75) is 39.2 Å². The molecule has 1 rings (SSSR count). The van der Waals surface area contributed by atoms with E-state index in [-0.39, 0.29) is 5.54 Å². The van der Waals surface area contributed by atoms with Gasteiger partial charge in [0.05, 0.1) is 0 Å². The third kappa shape index (κ3) is 1.90. The van der Waals surface area contributed by atoms with Crippen molar-refractivity contribution in [2.75, 3.05) is 0 Å². The molecule has 1 aromatic rings. The summed E-state index contributed by atoms with van der Waals surface area (Å²) < 4.78 is 0. The lowest BCUT2D eigenvalue weighted by Gasteiger charge is -2.29. The molecule has 0 aliphatic rings. The molecule has 0 bridgehead atoms. The number of aromatic hydroxyl groups is 1. The van der Waals surface area contributed by atoms with Gasteiger partial charge in [-0.05, 0) is 43.0 Å². The van der Waals surface area contributed by atoms with Crippen molar-refractivity contribution < 1.29 is 5.11 Å². The van der Waals surface area contributed by atoms with E-state index >= 15 is 0 Å². The second-order valence-electron chi connectivity index (χ2n) is 3.86. The highest BCUT2D eigenvalue weighted by molar-refractivity contribution is 5.38. The van der Waals surface area contributed by atoms with Gasteiger partial charge in [0, 0.05) is 5.54 Å². The average molecular weight is 193 g/mol. The van der Waals surface area contributed by atoms with Crippen LogP contribution in [0, 0.1) is 6.92 Å². The fraction of sp³-hybridized carbons (Fsp3) is 0.500. The van der Waals surface area contributed by atoms with Crippen LogP contribution in [0.15, 0.2) is 18.2 Å². The Morgan fingerprint density at radius 2 is 1.86 bits per heavy atom. The first-order valence-corrected chi connectivity index (χ1v) is 5.12. The molecule has 78 valence electrons. The number of benzene rings is 1. The molecule has 0 saturated heterocycles. The molecular weight excluding hydrogens is 174 g/mol. The molecule has 0 saturated carbocycles. The van der Waals surface area contributed by atoms with Gasteiger partial charge in [0.15, 0.2) is 0 Å². The molecule has 2 heteroatoms. The molecule has 0 aliphatic carbocycles. The lowest BCUT2D eigenvalue weighted by molar-refractivity contribution is 0.409. The zero-order chi connectivity index (χ0) is 10.8. The maximum absolute atomic E-state index is 9.31. The second kappa shape index (κ2) is 4.01. The van der Waals surface area contributed by atoms with E-state index in [0.29, 0.717) is 5.75 Å². The average Bonchev–Trinajstić information content (AvgIpc) is 2.17. The van der Waals surface area contributed by atoms with Crippen molar-refractivity contribution in [2.24, 2.45) is 5.73 Å². The number of hydrogen-bond donors (Lipinski definition) is 2. The molecule has 0 heterocycles. The third-order valence-corrected chi connectivity index (χ3v) is 3.01. The molecule has 0 radical (unpaired) electrons. The van der Waals surface area contributed by atoms with Crippen LogP contribution in [0.25, 0.3) is 0 Å². The molecule has 14 heavy (non-hydrogen) atoms. The van der Waals surface area contributed by atoms with E-state index in [0.717, 1.165) is 24.0 Å². The first-order valence-electron chi connectivity index (χ1n) is 5.12. The minimum absolute atomic E-state index is 0.252. The Morgan fingerprint density at radius 1 is 1.29 bits per heavy atom. The van der Waals surface area contributed by atoms with E-state index in [1.165, 1.54) is 0 Å². The van der Waals surface area contributed by atoms with Crippen LogP contribution < -0.4 is 5.73 Å². The number of phenolic OH excluding ortho intramolecular Hbond substituents is 1. The lowest BCUT2D eigenvalue weighted by atomic mass is 9.83. The quantitative estimate of drug-likeness (QED) is 0.775. The lowest BCUT2D eigenvalue weighted by Crippen LogP contribution is -2.35. The van der Waals surface area contributed by atoms with Gasteiger partial charge in [-0.25, -0.2) is 0 Å². The van der Waals surface area contributed by atoms with Gasteiger partial charge in [0.25, 0.3) is 0 Å². The summed E-state index contributed by atoms with van der Waals surface area (Å²) >= 11 is 0. The summed E-state index contributed by atoms with van der Waals surface area (Å²) in [4.78, 5) is 0. The highest BCUT2D eigenvalue weighted by atomic mass is 16.3. The van der Waals surface area contributed by atoms with Crippen LogP contribution in [0.3, 0.4) is 0 Å². The highest BCUT2D eigenvalue weighted by Gasteiger charge is 2.24. The van der Waals surface area contributed by atoms with Gasteiger partial charge in [-0.2, -0.15) is 0 Å². The molecule has 0 atom stereocenters. The van der Waals surface area contributed by atoms with Crippen LogP contribution in [-0.4, -0.2) is 5.11 Å². The van der Waals surface area contributed by atoms with Crippen LogP contribution in [0.5, 0.6) is 5.75 Å². The first-order chi connectivity index (χ1) is 6.53. The number of hydrogen-bond acceptors (Lipinski definition) is 2. The minimum atomic E-state index is -0.252. The number of aryl methyl sites for hydroxylation is 1. The normalized spacial score (nSPS) is 11.7. The maximum atomic E-state index is 9.31. The fourth-order valence-electron chi connectivity index (χ4n) is 1.84.